The van der Waals surface area contributed by atoms with Crippen LogP contribution in [0.5, 0.6) is 0 Å². The summed E-state index contributed by atoms with van der Waals surface area (Å²) >= 11 is 0. The zero-order chi connectivity index (χ0) is 17.5. The molecule has 0 aromatic heterocycles. The summed E-state index contributed by atoms with van der Waals surface area (Å²) in [5.41, 5.74) is 4.09. The molecule has 0 radical (unpaired) electrons. The fraction of sp³-hybridized carbons (Fsp3) is 0.300. The van der Waals surface area contributed by atoms with E-state index < -0.39 is 0 Å². The Bertz CT molecular complexity index is 708. The van der Waals surface area contributed by atoms with Crippen molar-refractivity contribution in [3.8, 4) is 0 Å². The summed E-state index contributed by atoms with van der Waals surface area (Å²) in [5, 5.41) is 2.90. The molecule has 2 amide bonds. The van der Waals surface area contributed by atoms with Gasteiger partial charge in [-0.3, -0.25) is 9.59 Å². The molecule has 0 aliphatic heterocycles. The molecule has 0 saturated carbocycles. The van der Waals surface area contributed by atoms with Gasteiger partial charge in [-0.05, 0) is 31.0 Å². The van der Waals surface area contributed by atoms with Gasteiger partial charge in [0.2, 0.25) is 11.8 Å². The normalized spacial score (nSPS) is 10.3. The van der Waals surface area contributed by atoms with Crippen molar-refractivity contribution in [1.29, 1.82) is 0 Å². The van der Waals surface area contributed by atoms with E-state index in [1.165, 1.54) is 12.5 Å². The van der Waals surface area contributed by atoms with Crippen LogP contribution in [0.25, 0.3) is 0 Å². The summed E-state index contributed by atoms with van der Waals surface area (Å²) in [6, 6.07) is 15.7. The minimum atomic E-state index is -0.0838. The Morgan fingerprint density at radius 2 is 1.67 bits per heavy atom. The molecule has 0 saturated heterocycles. The van der Waals surface area contributed by atoms with Crippen molar-refractivity contribution < 1.29 is 9.59 Å². The molecule has 126 valence electrons. The molecule has 0 aliphatic carbocycles. The monoisotopic (exact) mass is 324 g/mol. The Balaban J connectivity index is 1.91. The number of hydrogen-bond donors (Lipinski definition) is 1. The second-order valence-electron chi connectivity index (χ2n) is 6.04. The lowest BCUT2D eigenvalue weighted by Gasteiger charge is -2.21. The van der Waals surface area contributed by atoms with E-state index in [0.717, 1.165) is 16.8 Å². The highest BCUT2D eigenvalue weighted by Crippen LogP contribution is 2.14. The van der Waals surface area contributed by atoms with Crippen molar-refractivity contribution in [3.05, 3.63) is 65.2 Å². The molecule has 0 aliphatic rings. The van der Waals surface area contributed by atoms with Gasteiger partial charge >= 0.3 is 0 Å². The molecule has 0 fully saturated rings. The smallest absolute Gasteiger partial charge is 0.226 e. The molecule has 2 aromatic carbocycles. The van der Waals surface area contributed by atoms with E-state index in [9.17, 15) is 9.59 Å². The van der Waals surface area contributed by atoms with E-state index in [0.29, 0.717) is 13.1 Å². The summed E-state index contributed by atoms with van der Waals surface area (Å²) < 4.78 is 0. The zero-order valence-corrected chi connectivity index (χ0v) is 14.5. The van der Waals surface area contributed by atoms with Crippen LogP contribution < -0.4 is 5.32 Å². The maximum Gasteiger partial charge on any atom is 0.226 e. The molecular weight excluding hydrogens is 300 g/mol. The van der Waals surface area contributed by atoms with E-state index in [2.05, 4.69) is 5.32 Å². The van der Waals surface area contributed by atoms with Crippen LogP contribution in [0.4, 0.5) is 5.69 Å². The highest BCUT2D eigenvalue weighted by atomic mass is 16.2. The third-order valence-electron chi connectivity index (χ3n) is 3.97. The van der Waals surface area contributed by atoms with Gasteiger partial charge in [-0.2, -0.15) is 0 Å². The Hall–Kier alpha value is -2.62. The number of anilines is 1. The number of carbonyl (C=O) groups is 2. The fourth-order valence-corrected chi connectivity index (χ4v) is 2.42. The molecule has 0 bridgehead atoms. The van der Waals surface area contributed by atoms with Crippen LogP contribution in [0.3, 0.4) is 0 Å². The number of amides is 2. The van der Waals surface area contributed by atoms with Gasteiger partial charge in [0.05, 0.1) is 0 Å². The molecule has 1 N–H and O–H groups in total. The third kappa shape index (κ3) is 5.23. The van der Waals surface area contributed by atoms with Crippen LogP contribution in [0.2, 0.25) is 0 Å². The van der Waals surface area contributed by atoms with Crippen LogP contribution >= 0.6 is 0 Å². The summed E-state index contributed by atoms with van der Waals surface area (Å²) in [4.78, 5) is 25.7. The molecule has 0 spiro atoms. The van der Waals surface area contributed by atoms with Crippen LogP contribution in [0.15, 0.2) is 48.5 Å². The van der Waals surface area contributed by atoms with Gasteiger partial charge in [-0.1, -0.05) is 48.0 Å². The number of nitrogens with zero attached hydrogens (tertiary/aromatic N) is 1. The fourth-order valence-electron chi connectivity index (χ4n) is 2.42. The van der Waals surface area contributed by atoms with Crippen LogP contribution in [0, 0.1) is 13.8 Å². The molecular formula is C20H24N2O2. The maximum atomic E-state index is 12.1. The SMILES string of the molecule is CC(=O)N(CCC(=O)Nc1ccccc1C)Cc1ccc(C)cc1. The summed E-state index contributed by atoms with van der Waals surface area (Å²) in [6.07, 6.45) is 0.278. The second kappa shape index (κ2) is 8.29. The Morgan fingerprint density at radius 3 is 2.29 bits per heavy atom. The van der Waals surface area contributed by atoms with E-state index in [4.69, 9.17) is 0 Å². The van der Waals surface area contributed by atoms with Crippen LogP contribution in [-0.4, -0.2) is 23.3 Å². The first-order chi connectivity index (χ1) is 11.5. The van der Waals surface area contributed by atoms with E-state index in [1.807, 2.05) is 62.4 Å². The number of aryl methyl sites for hydroxylation is 2. The largest absolute Gasteiger partial charge is 0.338 e. The Labute approximate surface area is 143 Å². The van der Waals surface area contributed by atoms with Gasteiger partial charge in [0.15, 0.2) is 0 Å². The molecule has 2 rings (SSSR count). The van der Waals surface area contributed by atoms with Crippen molar-refractivity contribution in [2.45, 2.75) is 33.7 Å². The van der Waals surface area contributed by atoms with E-state index in [1.54, 1.807) is 4.90 Å². The predicted molar refractivity (Wildman–Crippen MR) is 96.7 cm³/mol. The number of nitrogens with one attached hydrogen (secondary N) is 1. The Morgan fingerprint density at radius 1 is 1.00 bits per heavy atom. The predicted octanol–water partition coefficient (Wildman–Crippen LogP) is 3.68. The lowest BCUT2D eigenvalue weighted by atomic mass is 10.1. The first-order valence-corrected chi connectivity index (χ1v) is 8.12. The van der Waals surface area contributed by atoms with Gasteiger partial charge in [0.1, 0.15) is 0 Å². The van der Waals surface area contributed by atoms with Crippen LogP contribution in [0.1, 0.15) is 30.0 Å². The first-order valence-electron chi connectivity index (χ1n) is 8.12. The van der Waals surface area contributed by atoms with Gasteiger partial charge in [-0.15, -0.1) is 0 Å². The Kier molecular flexibility index (Phi) is 6.13. The first kappa shape index (κ1) is 17.7. The lowest BCUT2D eigenvalue weighted by Crippen LogP contribution is -2.31. The second-order valence-corrected chi connectivity index (χ2v) is 6.04. The number of rotatable bonds is 6. The van der Waals surface area contributed by atoms with Gasteiger partial charge in [-0.25, -0.2) is 0 Å². The quantitative estimate of drug-likeness (QED) is 0.881. The number of hydrogen-bond acceptors (Lipinski definition) is 2. The number of para-hydroxylation sites is 1. The third-order valence-corrected chi connectivity index (χ3v) is 3.97. The lowest BCUT2D eigenvalue weighted by molar-refractivity contribution is -0.129. The minimum absolute atomic E-state index is 0.0285. The van der Waals surface area contributed by atoms with E-state index >= 15 is 0 Å². The van der Waals surface area contributed by atoms with Gasteiger partial charge in [0.25, 0.3) is 0 Å². The summed E-state index contributed by atoms with van der Waals surface area (Å²) in [7, 11) is 0. The maximum absolute atomic E-state index is 12.1. The molecule has 4 heteroatoms. The molecule has 0 atom stereocenters. The molecule has 2 aromatic rings. The molecule has 0 unspecified atom stereocenters. The summed E-state index contributed by atoms with van der Waals surface area (Å²) in [6.45, 7) is 6.44. The van der Waals surface area contributed by atoms with E-state index in [-0.39, 0.29) is 18.2 Å². The average Bonchev–Trinajstić information content (AvgIpc) is 2.55. The topological polar surface area (TPSA) is 49.4 Å². The number of carbonyl (C=O) groups excluding carboxylic acids is 2. The number of benzene rings is 2. The van der Waals surface area contributed by atoms with Crippen molar-refractivity contribution in [2.75, 3.05) is 11.9 Å². The van der Waals surface area contributed by atoms with Gasteiger partial charge < -0.3 is 10.2 Å². The van der Waals surface area contributed by atoms with Crippen molar-refractivity contribution >= 4 is 17.5 Å². The average molecular weight is 324 g/mol. The molecule has 4 nitrogen and oxygen atoms in total. The van der Waals surface area contributed by atoms with Crippen molar-refractivity contribution in [2.24, 2.45) is 0 Å². The van der Waals surface area contributed by atoms with Gasteiger partial charge in [0, 0.05) is 32.1 Å². The standard InChI is InChI=1S/C20H24N2O2/c1-15-8-10-18(11-9-15)14-22(17(3)23)13-12-20(24)21-19-7-5-4-6-16(19)2/h4-11H,12-14H2,1-3H3,(H,21,24). The highest BCUT2D eigenvalue weighted by molar-refractivity contribution is 5.91. The molecule has 0 heterocycles. The minimum Gasteiger partial charge on any atom is -0.338 e. The van der Waals surface area contributed by atoms with Crippen molar-refractivity contribution in [1.82, 2.24) is 4.90 Å². The van der Waals surface area contributed by atoms with Crippen LogP contribution in [-0.2, 0) is 16.1 Å². The zero-order valence-electron chi connectivity index (χ0n) is 14.5. The highest BCUT2D eigenvalue weighted by Gasteiger charge is 2.12. The summed E-state index contributed by atoms with van der Waals surface area (Å²) in [5.74, 6) is -0.112. The van der Waals surface area contributed by atoms with Crippen molar-refractivity contribution in [3.63, 3.8) is 0 Å². The molecule has 24 heavy (non-hydrogen) atoms.